The van der Waals surface area contributed by atoms with E-state index in [2.05, 4.69) is 56.7 Å². The lowest BCUT2D eigenvalue weighted by Gasteiger charge is -2.13. The van der Waals surface area contributed by atoms with Gasteiger partial charge < -0.3 is 5.32 Å². The van der Waals surface area contributed by atoms with Gasteiger partial charge in [0.2, 0.25) is 0 Å². The van der Waals surface area contributed by atoms with E-state index in [0.717, 1.165) is 21.1 Å². The van der Waals surface area contributed by atoms with Gasteiger partial charge in [-0.05, 0) is 64.7 Å². The highest BCUT2D eigenvalue weighted by Gasteiger charge is 2.13. The van der Waals surface area contributed by atoms with Gasteiger partial charge in [0, 0.05) is 15.4 Å². The minimum atomic E-state index is 0.425. The van der Waals surface area contributed by atoms with Crippen LogP contribution in [0.25, 0.3) is 0 Å². The molecule has 0 saturated carbocycles. The SMILES string of the molecule is C=C(C)CCC(NC)c1cc(Br)c(Br)s1. The zero-order valence-electron chi connectivity index (χ0n) is 8.94. The molecule has 1 nitrogen and oxygen atoms in total. The maximum Gasteiger partial charge on any atom is 0.0843 e. The maximum absolute atomic E-state index is 3.93. The van der Waals surface area contributed by atoms with Crippen LogP contribution in [-0.4, -0.2) is 7.05 Å². The van der Waals surface area contributed by atoms with E-state index in [1.54, 1.807) is 11.3 Å². The summed E-state index contributed by atoms with van der Waals surface area (Å²) in [5, 5.41) is 3.34. The van der Waals surface area contributed by atoms with Gasteiger partial charge in [-0.25, -0.2) is 0 Å². The van der Waals surface area contributed by atoms with Crippen LogP contribution in [0.4, 0.5) is 0 Å². The van der Waals surface area contributed by atoms with Gasteiger partial charge in [0.05, 0.1) is 3.79 Å². The van der Waals surface area contributed by atoms with E-state index < -0.39 is 0 Å². The third-order valence-corrected chi connectivity index (χ3v) is 5.59. The first-order valence-electron chi connectivity index (χ1n) is 4.81. The molecule has 1 rings (SSSR count). The Labute approximate surface area is 112 Å². The fourth-order valence-electron chi connectivity index (χ4n) is 1.35. The zero-order chi connectivity index (χ0) is 11.4. The van der Waals surface area contributed by atoms with Gasteiger partial charge in [0.1, 0.15) is 0 Å². The molecule has 1 atom stereocenters. The molecule has 0 radical (unpaired) electrons. The molecule has 0 amide bonds. The molecular weight excluding hydrogens is 338 g/mol. The summed E-state index contributed by atoms with van der Waals surface area (Å²) in [5.41, 5.74) is 1.24. The normalized spacial score (nSPS) is 12.8. The maximum atomic E-state index is 3.93. The van der Waals surface area contributed by atoms with Crippen molar-refractivity contribution in [2.24, 2.45) is 0 Å². The summed E-state index contributed by atoms with van der Waals surface area (Å²) in [7, 11) is 2.00. The average Bonchev–Trinajstić information content (AvgIpc) is 2.47. The van der Waals surface area contributed by atoms with Gasteiger partial charge in [0.25, 0.3) is 0 Å². The Morgan fingerprint density at radius 1 is 1.60 bits per heavy atom. The number of nitrogens with one attached hydrogen (secondary N) is 1. The lowest BCUT2D eigenvalue weighted by molar-refractivity contribution is 0.557. The predicted molar refractivity (Wildman–Crippen MR) is 75.6 cm³/mol. The predicted octanol–water partition coefficient (Wildman–Crippen LogP) is 4.89. The van der Waals surface area contributed by atoms with Crippen molar-refractivity contribution in [1.29, 1.82) is 0 Å². The summed E-state index contributed by atoms with van der Waals surface area (Å²) >= 11 is 8.81. The van der Waals surface area contributed by atoms with Crippen molar-refractivity contribution in [3.05, 3.63) is 31.4 Å². The van der Waals surface area contributed by atoms with Crippen molar-refractivity contribution < 1.29 is 0 Å². The molecule has 0 aliphatic heterocycles. The van der Waals surface area contributed by atoms with E-state index >= 15 is 0 Å². The third-order valence-electron chi connectivity index (χ3n) is 2.22. The lowest BCUT2D eigenvalue weighted by Crippen LogP contribution is -2.14. The second-order valence-electron chi connectivity index (χ2n) is 3.61. The van der Waals surface area contributed by atoms with E-state index in [0.29, 0.717) is 6.04 Å². The van der Waals surface area contributed by atoms with Crippen LogP contribution in [0.15, 0.2) is 26.5 Å². The smallest absolute Gasteiger partial charge is 0.0843 e. The van der Waals surface area contributed by atoms with Crippen LogP contribution in [0.5, 0.6) is 0 Å². The largest absolute Gasteiger partial charge is 0.312 e. The quantitative estimate of drug-likeness (QED) is 0.744. The molecule has 0 aliphatic rings. The first-order valence-corrected chi connectivity index (χ1v) is 7.21. The summed E-state index contributed by atoms with van der Waals surface area (Å²) in [4.78, 5) is 1.36. The Morgan fingerprint density at radius 2 is 2.27 bits per heavy atom. The van der Waals surface area contributed by atoms with Crippen molar-refractivity contribution in [2.75, 3.05) is 7.05 Å². The summed E-state index contributed by atoms with van der Waals surface area (Å²) in [6, 6.07) is 2.60. The van der Waals surface area contributed by atoms with Gasteiger partial charge >= 0.3 is 0 Å². The van der Waals surface area contributed by atoms with E-state index in [-0.39, 0.29) is 0 Å². The first-order chi connectivity index (χ1) is 7.04. The van der Waals surface area contributed by atoms with Crippen molar-refractivity contribution >= 4 is 43.2 Å². The van der Waals surface area contributed by atoms with Gasteiger partial charge in [-0.15, -0.1) is 17.9 Å². The molecule has 0 spiro atoms. The minimum absolute atomic E-state index is 0.425. The number of rotatable bonds is 5. The number of allylic oxidation sites excluding steroid dienone is 1. The second kappa shape index (κ2) is 6.18. The third kappa shape index (κ3) is 4.02. The van der Waals surface area contributed by atoms with E-state index in [9.17, 15) is 0 Å². The Hall–Kier alpha value is 0.360. The highest BCUT2D eigenvalue weighted by molar-refractivity contribution is 9.13. The molecule has 0 bridgehead atoms. The Bertz CT molecular complexity index is 327. The topological polar surface area (TPSA) is 12.0 Å². The molecule has 4 heteroatoms. The fourth-order valence-corrected chi connectivity index (χ4v) is 3.59. The van der Waals surface area contributed by atoms with Gasteiger partial charge in [-0.3, -0.25) is 0 Å². The molecular formula is C11H15Br2NS. The molecule has 1 aromatic rings. The van der Waals surface area contributed by atoms with Crippen molar-refractivity contribution in [3.8, 4) is 0 Å². The Balaban J connectivity index is 2.69. The van der Waals surface area contributed by atoms with Crippen LogP contribution in [-0.2, 0) is 0 Å². The fraction of sp³-hybridized carbons (Fsp3) is 0.455. The second-order valence-corrected chi connectivity index (χ2v) is 6.86. The molecule has 84 valence electrons. The Morgan fingerprint density at radius 3 is 2.67 bits per heavy atom. The van der Waals surface area contributed by atoms with Gasteiger partial charge in [0.15, 0.2) is 0 Å². The monoisotopic (exact) mass is 351 g/mol. The summed E-state index contributed by atoms with van der Waals surface area (Å²) in [6.07, 6.45) is 2.17. The Kier molecular flexibility index (Phi) is 5.53. The molecule has 0 saturated heterocycles. The van der Waals surface area contributed by atoms with Gasteiger partial charge in [-0.2, -0.15) is 0 Å². The van der Waals surface area contributed by atoms with Crippen LogP contribution in [0, 0.1) is 0 Å². The van der Waals surface area contributed by atoms with Crippen molar-refractivity contribution in [1.82, 2.24) is 5.32 Å². The molecule has 0 fully saturated rings. The number of thiophene rings is 1. The first kappa shape index (κ1) is 13.4. The zero-order valence-corrected chi connectivity index (χ0v) is 12.9. The average molecular weight is 353 g/mol. The molecule has 15 heavy (non-hydrogen) atoms. The lowest BCUT2D eigenvalue weighted by atomic mass is 10.1. The minimum Gasteiger partial charge on any atom is -0.312 e. The molecule has 0 aromatic carbocycles. The summed E-state index contributed by atoms with van der Waals surface area (Å²) in [5.74, 6) is 0. The molecule has 1 N–H and O–H groups in total. The van der Waals surface area contributed by atoms with Crippen molar-refractivity contribution in [2.45, 2.75) is 25.8 Å². The standard InChI is InChI=1S/C11H15Br2NS/c1-7(2)4-5-9(14-3)10-6-8(12)11(13)15-10/h6,9,14H,1,4-5H2,2-3H3. The van der Waals surface area contributed by atoms with Gasteiger partial charge in [-0.1, -0.05) is 5.57 Å². The molecule has 0 aliphatic carbocycles. The van der Waals surface area contributed by atoms with E-state index in [4.69, 9.17) is 0 Å². The van der Waals surface area contributed by atoms with E-state index in [1.807, 2.05) is 7.05 Å². The van der Waals surface area contributed by atoms with Crippen LogP contribution < -0.4 is 5.32 Å². The number of hydrogen-bond donors (Lipinski definition) is 1. The van der Waals surface area contributed by atoms with Crippen LogP contribution in [0.2, 0.25) is 0 Å². The van der Waals surface area contributed by atoms with Crippen LogP contribution in [0.1, 0.15) is 30.7 Å². The summed E-state index contributed by atoms with van der Waals surface area (Å²) in [6.45, 7) is 6.01. The van der Waals surface area contributed by atoms with Crippen LogP contribution in [0.3, 0.4) is 0 Å². The van der Waals surface area contributed by atoms with Crippen LogP contribution >= 0.6 is 43.2 Å². The number of halogens is 2. The molecule has 1 unspecified atom stereocenters. The number of hydrogen-bond acceptors (Lipinski definition) is 2. The van der Waals surface area contributed by atoms with Crippen molar-refractivity contribution in [3.63, 3.8) is 0 Å². The summed E-state index contributed by atoms with van der Waals surface area (Å²) < 4.78 is 2.30. The van der Waals surface area contributed by atoms with E-state index in [1.165, 1.54) is 10.5 Å². The highest BCUT2D eigenvalue weighted by atomic mass is 79.9. The highest BCUT2D eigenvalue weighted by Crippen LogP contribution is 2.36. The molecule has 1 heterocycles. The molecule has 1 aromatic heterocycles.